The topological polar surface area (TPSA) is 3.24 Å². The van der Waals surface area contributed by atoms with Gasteiger partial charge in [-0.15, -0.1) is 0 Å². The molecular weight excluding hydrogens is 277 g/mol. The van der Waals surface area contributed by atoms with Gasteiger partial charge in [-0.1, -0.05) is 71.2 Å². The minimum Gasteiger partial charge on any atom is -0.345 e. The Balaban J connectivity index is 2.03. The molecule has 0 saturated heterocycles. The molecule has 112 valence electrons. The summed E-state index contributed by atoms with van der Waals surface area (Å²) in [5.74, 6) is 0. The predicted molar refractivity (Wildman–Crippen MR) is 102 cm³/mol. The molecule has 0 unspecified atom stereocenters. The molecule has 0 bridgehead atoms. The summed E-state index contributed by atoms with van der Waals surface area (Å²) in [6.07, 6.45) is 0. The van der Waals surface area contributed by atoms with Crippen LogP contribution < -0.4 is 21.3 Å². The third kappa shape index (κ3) is 2.26. The lowest BCUT2D eigenvalue weighted by atomic mass is 9.35. The number of rotatable bonds is 1. The van der Waals surface area contributed by atoms with Crippen LogP contribution in [0.4, 0.5) is 11.4 Å². The Labute approximate surface area is 138 Å². The molecular formula is C21H20BN. The van der Waals surface area contributed by atoms with E-state index in [1.165, 1.54) is 38.9 Å². The van der Waals surface area contributed by atoms with E-state index in [4.69, 9.17) is 0 Å². The van der Waals surface area contributed by atoms with Crippen molar-refractivity contribution in [3.05, 3.63) is 77.9 Å². The Kier molecular flexibility index (Phi) is 3.26. The SMILES string of the molecule is Cc1ccc2c(c1)B(c1ccccc1)c1cc(C)ccc1N2C. The van der Waals surface area contributed by atoms with E-state index in [-0.39, 0.29) is 0 Å². The van der Waals surface area contributed by atoms with Gasteiger partial charge in [-0.2, -0.15) is 0 Å². The monoisotopic (exact) mass is 297 g/mol. The van der Waals surface area contributed by atoms with Crippen LogP contribution in [0.5, 0.6) is 0 Å². The van der Waals surface area contributed by atoms with Crippen molar-refractivity contribution in [2.75, 3.05) is 11.9 Å². The number of benzene rings is 3. The summed E-state index contributed by atoms with van der Waals surface area (Å²) in [6, 6.07) is 24.5. The molecule has 3 aromatic carbocycles. The number of aryl methyl sites for hydroxylation is 2. The molecule has 0 radical (unpaired) electrons. The van der Waals surface area contributed by atoms with Crippen LogP contribution in [0.25, 0.3) is 0 Å². The van der Waals surface area contributed by atoms with E-state index in [0.29, 0.717) is 6.71 Å². The number of anilines is 2. The second-order valence-corrected chi connectivity index (χ2v) is 6.53. The summed E-state index contributed by atoms with van der Waals surface area (Å²) in [5, 5.41) is 0. The molecule has 1 nitrogen and oxygen atoms in total. The molecule has 4 rings (SSSR count). The van der Waals surface area contributed by atoms with Gasteiger partial charge in [-0.3, -0.25) is 0 Å². The van der Waals surface area contributed by atoms with Crippen molar-refractivity contribution in [3.63, 3.8) is 0 Å². The lowest BCUT2D eigenvalue weighted by Gasteiger charge is -2.35. The first kappa shape index (κ1) is 14.1. The highest BCUT2D eigenvalue weighted by Crippen LogP contribution is 2.27. The zero-order valence-corrected chi connectivity index (χ0v) is 13.9. The van der Waals surface area contributed by atoms with Crippen LogP contribution in [-0.2, 0) is 0 Å². The van der Waals surface area contributed by atoms with Gasteiger partial charge in [0.2, 0.25) is 6.71 Å². The van der Waals surface area contributed by atoms with Crippen molar-refractivity contribution < 1.29 is 0 Å². The largest absolute Gasteiger partial charge is 0.345 e. The van der Waals surface area contributed by atoms with Crippen LogP contribution in [-0.4, -0.2) is 13.8 Å². The van der Waals surface area contributed by atoms with Crippen LogP contribution in [0.2, 0.25) is 0 Å². The summed E-state index contributed by atoms with van der Waals surface area (Å²) >= 11 is 0. The number of hydrogen-bond acceptors (Lipinski definition) is 1. The molecule has 0 aromatic heterocycles. The molecule has 0 spiro atoms. The fourth-order valence-corrected chi connectivity index (χ4v) is 3.72. The van der Waals surface area contributed by atoms with Gasteiger partial charge in [-0.05, 0) is 36.9 Å². The Morgan fingerprint density at radius 2 is 1.22 bits per heavy atom. The summed E-state index contributed by atoms with van der Waals surface area (Å²) in [7, 11) is 2.17. The first-order chi connectivity index (χ1) is 11.1. The van der Waals surface area contributed by atoms with Crippen molar-refractivity contribution in [2.24, 2.45) is 0 Å². The maximum Gasteiger partial charge on any atom is 0.246 e. The normalized spacial score (nSPS) is 12.8. The molecule has 2 heteroatoms. The molecule has 1 aliphatic rings. The fraction of sp³-hybridized carbons (Fsp3) is 0.143. The maximum atomic E-state index is 2.34. The van der Waals surface area contributed by atoms with Crippen molar-refractivity contribution in [2.45, 2.75) is 13.8 Å². The van der Waals surface area contributed by atoms with Crippen molar-refractivity contribution in [1.82, 2.24) is 0 Å². The Bertz CT molecular complexity index is 817. The molecule has 1 heterocycles. The third-order valence-corrected chi connectivity index (χ3v) is 4.84. The lowest BCUT2D eigenvalue weighted by Crippen LogP contribution is -2.57. The van der Waals surface area contributed by atoms with Gasteiger partial charge in [0, 0.05) is 18.4 Å². The highest BCUT2D eigenvalue weighted by atomic mass is 15.1. The number of hydrogen-bond donors (Lipinski definition) is 0. The summed E-state index contributed by atoms with van der Waals surface area (Å²) in [5.41, 5.74) is 9.40. The molecule has 3 aromatic rings. The summed E-state index contributed by atoms with van der Waals surface area (Å²) < 4.78 is 0. The average Bonchev–Trinajstić information content (AvgIpc) is 2.55. The van der Waals surface area contributed by atoms with E-state index < -0.39 is 0 Å². The van der Waals surface area contributed by atoms with E-state index in [0.717, 1.165) is 0 Å². The minimum absolute atomic E-state index is 0.303. The first-order valence-electron chi connectivity index (χ1n) is 8.15. The Morgan fingerprint density at radius 3 is 1.74 bits per heavy atom. The molecule has 23 heavy (non-hydrogen) atoms. The average molecular weight is 297 g/mol. The third-order valence-electron chi connectivity index (χ3n) is 4.84. The highest BCUT2D eigenvalue weighted by Gasteiger charge is 2.33. The van der Waals surface area contributed by atoms with Crippen LogP contribution >= 0.6 is 0 Å². The molecule has 0 fully saturated rings. The molecule has 0 atom stereocenters. The Hall–Kier alpha value is -2.48. The van der Waals surface area contributed by atoms with Gasteiger partial charge in [0.15, 0.2) is 0 Å². The van der Waals surface area contributed by atoms with Crippen LogP contribution in [0.3, 0.4) is 0 Å². The van der Waals surface area contributed by atoms with Gasteiger partial charge < -0.3 is 4.90 Å². The maximum absolute atomic E-state index is 2.34. The highest BCUT2D eigenvalue weighted by molar-refractivity contribution is 6.97. The van der Waals surface area contributed by atoms with Gasteiger partial charge in [-0.25, -0.2) is 0 Å². The molecule has 0 amide bonds. The standard InChI is InChI=1S/C21H20BN/c1-15-9-11-20-18(13-15)22(17-7-5-4-6-8-17)19-14-16(2)10-12-21(19)23(20)3/h4-14H,1-3H3. The quantitative estimate of drug-likeness (QED) is 0.624. The zero-order valence-electron chi connectivity index (χ0n) is 13.9. The molecule has 0 saturated carbocycles. The van der Waals surface area contributed by atoms with Crippen LogP contribution in [0, 0.1) is 13.8 Å². The fourth-order valence-electron chi connectivity index (χ4n) is 3.72. The van der Waals surface area contributed by atoms with Gasteiger partial charge in [0.05, 0.1) is 0 Å². The van der Waals surface area contributed by atoms with Gasteiger partial charge >= 0.3 is 0 Å². The van der Waals surface area contributed by atoms with E-state index >= 15 is 0 Å². The zero-order chi connectivity index (χ0) is 16.0. The minimum atomic E-state index is 0.303. The van der Waals surface area contributed by atoms with Gasteiger partial charge in [0.25, 0.3) is 0 Å². The predicted octanol–water partition coefficient (Wildman–Crippen LogP) is 2.90. The lowest BCUT2D eigenvalue weighted by molar-refractivity contribution is 1.21. The summed E-state index contributed by atoms with van der Waals surface area (Å²) in [4.78, 5) is 2.32. The second kappa shape index (κ2) is 5.31. The smallest absolute Gasteiger partial charge is 0.246 e. The van der Waals surface area contributed by atoms with Crippen molar-refractivity contribution in [3.8, 4) is 0 Å². The summed E-state index contributed by atoms with van der Waals surface area (Å²) in [6.45, 7) is 4.65. The van der Waals surface area contributed by atoms with E-state index in [1.807, 2.05) is 0 Å². The van der Waals surface area contributed by atoms with E-state index in [9.17, 15) is 0 Å². The van der Waals surface area contributed by atoms with Crippen molar-refractivity contribution >= 4 is 34.5 Å². The van der Waals surface area contributed by atoms with Crippen LogP contribution in [0.15, 0.2) is 66.7 Å². The van der Waals surface area contributed by atoms with Crippen LogP contribution in [0.1, 0.15) is 11.1 Å². The van der Waals surface area contributed by atoms with E-state index in [1.54, 1.807) is 0 Å². The molecule has 0 aliphatic carbocycles. The number of nitrogens with zero attached hydrogens (tertiary/aromatic N) is 1. The molecule has 0 N–H and O–H groups in total. The van der Waals surface area contributed by atoms with E-state index in [2.05, 4.69) is 92.5 Å². The molecule has 1 aliphatic heterocycles. The van der Waals surface area contributed by atoms with Gasteiger partial charge in [0.1, 0.15) is 0 Å². The second-order valence-electron chi connectivity index (χ2n) is 6.53. The Morgan fingerprint density at radius 1 is 0.696 bits per heavy atom. The first-order valence-corrected chi connectivity index (χ1v) is 8.15. The van der Waals surface area contributed by atoms with Crippen molar-refractivity contribution in [1.29, 1.82) is 0 Å². The number of fused-ring (bicyclic) bond motifs is 2.